The van der Waals surface area contributed by atoms with E-state index in [0.29, 0.717) is 6.54 Å². The molecule has 19 heavy (non-hydrogen) atoms. The monoisotopic (exact) mass is 342 g/mol. The predicted octanol–water partition coefficient (Wildman–Crippen LogP) is 1.75. The summed E-state index contributed by atoms with van der Waals surface area (Å²) < 4.78 is 2.47. The molecule has 0 aromatic carbocycles. The maximum absolute atomic E-state index is 11.9. The summed E-state index contributed by atoms with van der Waals surface area (Å²) in [7, 11) is 1.89. The first-order chi connectivity index (χ1) is 9.20. The molecular weight excluding hydrogens is 328 g/mol. The molecule has 0 fully saturated rings. The van der Waals surface area contributed by atoms with Gasteiger partial charge in [0, 0.05) is 28.5 Å². The van der Waals surface area contributed by atoms with Crippen LogP contribution in [0.15, 0.2) is 33.0 Å². The van der Waals surface area contributed by atoms with Crippen LogP contribution in [0, 0.1) is 0 Å². The highest BCUT2D eigenvalue weighted by Gasteiger charge is 2.05. The Balaban J connectivity index is 2.07. The highest BCUT2D eigenvalue weighted by molar-refractivity contribution is 9.10. The Hall–Kier alpha value is -1.18. The maximum Gasteiger partial charge on any atom is 0.269 e. The molecule has 0 saturated heterocycles. The summed E-state index contributed by atoms with van der Waals surface area (Å²) in [6.07, 6.45) is 1.68. The van der Waals surface area contributed by atoms with E-state index in [0.717, 1.165) is 28.1 Å². The summed E-state index contributed by atoms with van der Waals surface area (Å²) in [6, 6.07) is 3.54. The number of hydrogen-bond donors (Lipinski definition) is 2. The van der Waals surface area contributed by atoms with Crippen molar-refractivity contribution in [2.24, 2.45) is 0 Å². The molecule has 2 N–H and O–H groups in total. The van der Waals surface area contributed by atoms with E-state index < -0.39 is 0 Å². The summed E-state index contributed by atoms with van der Waals surface area (Å²) >= 11 is 5.06. The molecule has 0 atom stereocenters. The Morgan fingerprint density at radius 1 is 1.47 bits per heavy atom. The number of nitrogens with zero attached hydrogens (tertiary/aromatic N) is 2. The Morgan fingerprint density at radius 3 is 2.95 bits per heavy atom. The van der Waals surface area contributed by atoms with Gasteiger partial charge in [0.15, 0.2) is 0 Å². The predicted molar refractivity (Wildman–Crippen MR) is 82.0 cm³/mol. The summed E-state index contributed by atoms with van der Waals surface area (Å²) in [5, 5.41) is 12.3. The van der Waals surface area contributed by atoms with E-state index in [4.69, 9.17) is 0 Å². The fraction of sp³-hybridized carbons (Fsp3) is 0.333. The Kier molecular flexibility index (Phi) is 5.12. The molecule has 0 aliphatic carbocycles. The molecule has 2 aromatic heterocycles. The van der Waals surface area contributed by atoms with Crippen LogP contribution >= 0.6 is 27.3 Å². The van der Waals surface area contributed by atoms with Crippen LogP contribution in [0.2, 0.25) is 0 Å². The maximum atomic E-state index is 11.9. The van der Waals surface area contributed by atoms with Crippen molar-refractivity contribution in [3.8, 4) is 0 Å². The van der Waals surface area contributed by atoms with E-state index in [1.807, 2.05) is 18.5 Å². The standard InChI is InChI=1S/C12H15BrN4OS/c1-14-3-4-15-9-6-12(18)17(16-7-9)8-11-10(13)2-5-19-11/h2,5-7,14-15H,3-4,8H2,1H3. The molecule has 0 bridgehead atoms. The molecule has 0 spiro atoms. The summed E-state index contributed by atoms with van der Waals surface area (Å²) in [5.41, 5.74) is 0.650. The fourth-order valence-electron chi connectivity index (χ4n) is 1.55. The van der Waals surface area contributed by atoms with Crippen molar-refractivity contribution in [1.29, 1.82) is 0 Å². The lowest BCUT2D eigenvalue weighted by Gasteiger charge is -2.07. The third-order valence-electron chi connectivity index (χ3n) is 2.56. The molecule has 2 heterocycles. The van der Waals surface area contributed by atoms with E-state index in [-0.39, 0.29) is 5.56 Å². The first kappa shape index (κ1) is 14.2. The van der Waals surface area contributed by atoms with Gasteiger partial charge in [-0.05, 0) is 34.4 Å². The minimum atomic E-state index is -0.102. The van der Waals surface area contributed by atoms with Crippen molar-refractivity contribution < 1.29 is 0 Å². The van der Waals surface area contributed by atoms with Gasteiger partial charge in [-0.1, -0.05) is 0 Å². The van der Waals surface area contributed by atoms with E-state index >= 15 is 0 Å². The first-order valence-corrected chi connectivity index (χ1v) is 7.55. The third kappa shape index (κ3) is 3.89. The van der Waals surface area contributed by atoms with Gasteiger partial charge < -0.3 is 10.6 Å². The minimum Gasteiger partial charge on any atom is -0.382 e. The summed E-state index contributed by atoms with van der Waals surface area (Å²) in [5.74, 6) is 0. The molecule has 102 valence electrons. The van der Waals surface area contributed by atoms with Crippen LogP contribution in [0.4, 0.5) is 5.69 Å². The molecule has 0 radical (unpaired) electrons. The van der Waals surface area contributed by atoms with Crippen LogP contribution in [-0.4, -0.2) is 29.9 Å². The number of rotatable bonds is 6. The highest BCUT2D eigenvalue weighted by atomic mass is 79.9. The van der Waals surface area contributed by atoms with Crippen LogP contribution in [0.3, 0.4) is 0 Å². The quantitative estimate of drug-likeness (QED) is 0.785. The Bertz CT molecular complexity index is 595. The average Bonchev–Trinajstić information content (AvgIpc) is 2.79. The van der Waals surface area contributed by atoms with Crippen molar-refractivity contribution in [3.05, 3.63) is 43.4 Å². The largest absolute Gasteiger partial charge is 0.382 e. The fourth-order valence-corrected chi connectivity index (χ4v) is 3.01. The van der Waals surface area contributed by atoms with Gasteiger partial charge >= 0.3 is 0 Å². The minimum absolute atomic E-state index is 0.102. The number of thiophene rings is 1. The topological polar surface area (TPSA) is 59.0 Å². The Labute approximate surface area is 123 Å². The normalized spacial score (nSPS) is 10.6. The molecule has 0 aliphatic rings. The number of hydrogen-bond acceptors (Lipinski definition) is 5. The SMILES string of the molecule is CNCCNc1cnn(Cc2sccc2Br)c(=O)c1. The number of aromatic nitrogens is 2. The zero-order valence-electron chi connectivity index (χ0n) is 10.5. The van der Waals surface area contributed by atoms with E-state index in [9.17, 15) is 4.79 Å². The number of anilines is 1. The van der Waals surface area contributed by atoms with Crippen LogP contribution in [0.25, 0.3) is 0 Å². The van der Waals surface area contributed by atoms with Crippen LogP contribution in [0.1, 0.15) is 4.88 Å². The zero-order chi connectivity index (χ0) is 13.7. The average molecular weight is 343 g/mol. The first-order valence-electron chi connectivity index (χ1n) is 5.88. The van der Waals surface area contributed by atoms with Crippen LogP contribution in [0.5, 0.6) is 0 Å². The molecule has 0 aliphatic heterocycles. The second-order valence-electron chi connectivity index (χ2n) is 3.96. The van der Waals surface area contributed by atoms with Gasteiger partial charge in [-0.3, -0.25) is 4.79 Å². The summed E-state index contributed by atoms with van der Waals surface area (Å²) in [6.45, 7) is 2.09. The summed E-state index contributed by atoms with van der Waals surface area (Å²) in [4.78, 5) is 13.0. The van der Waals surface area contributed by atoms with Gasteiger partial charge in [-0.2, -0.15) is 5.10 Å². The second-order valence-corrected chi connectivity index (χ2v) is 5.82. The van der Waals surface area contributed by atoms with Gasteiger partial charge in [0.1, 0.15) is 0 Å². The number of halogens is 1. The van der Waals surface area contributed by atoms with Gasteiger partial charge in [0.25, 0.3) is 5.56 Å². The highest BCUT2D eigenvalue weighted by Crippen LogP contribution is 2.22. The zero-order valence-corrected chi connectivity index (χ0v) is 12.9. The lowest BCUT2D eigenvalue weighted by molar-refractivity contribution is 0.644. The van der Waals surface area contributed by atoms with Crippen molar-refractivity contribution >= 4 is 33.0 Å². The molecule has 2 rings (SSSR count). The number of likely N-dealkylation sites (N-methyl/N-ethyl adjacent to an activating group) is 1. The molecule has 0 unspecified atom stereocenters. The molecular formula is C12H15BrN4OS. The molecule has 5 nitrogen and oxygen atoms in total. The van der Waals surface area contributed by atoms with Gasteiger partial charge in [0.2, 0.25) is 0 Å². The lowest BCUT2D eigenvalue weighted by atomic mass is 10.4. The Morgan fingerprint density at radius 2 is 2.32 bits per heavy atom. The molecule has 0 saturated carbocycles. The number of nitrogens with one attached hydrogen (secondary N) is 2. The van der Waals surface area contributed by atoms with Crippen molar-refractivity contribution in [3.63, 3.8) is 0 Å². The van der Waals surface area contributed by atoms with Crippen molar-refractivity contribution in [2.75, 3.05) is 25.5 Å². The third-order valence-corrected chi connectivity index (χ3v) is 4.47. The van der Waals surface area contributed by atoms with Crippen LogP contribution in [-0.2, 0) is 6.54 Å². The second kappa shape index (κ2) is 6.83. The lowest BCUT2D eigenvalue weighted by Crippen LogP contribution is -2.24. The molecule has 7 heteroatoms. The smallest absolute Gasteiger partial charge is 0.269 e. The van der Waals surface area contributed by atoms with Crippen molar-refractivity contribution in [1.82, 2.24) is 15.1 Å². The molecule has 2 aromatic rings. The van der Waals surface area contributed by atoms with Gasteiger partial charge in [-0.15, -0.1) is 11.3 Å². The van der Waals surface area contributed by atoms with Gasteiger partial charge in [-0.25, -0.2) is 4.68 Å². The van der Waals surface area contributed by atoms with E-state index in [2.05, 4.69) is 31.7 Å². The van der Waals surface area contributed by atoms with Crippen LogP contribution < -0.4 is 16.2 Å². The van der Waals surface area contributed by atoms with Crippen molar-refractivity contribution in [2.45, 2.75) is 6.54 Å². The van der Waals surface area contributed by atoms with E-state index in [1.54, 1.807) is 23.6 Å². The van der Waals surface area contributed by atoms with E-state index in [1.165, 1.54) is 4.68 Å². The van der Waals surface area contributed by atoms with Gasteiger partial charge in [0.05, 0.1) is 18.4 Å². The molecule has 0 amide bonds.